The van der Waals surface area contributed by atoms with Crippen LogP contribution in [0.15, 0.2) is 24.3 Å². The maximum absolute atomic E-state index is 5.94. The monoisotopic (exact) mass is 266 g/mol. The van der Waals surface area contributed by atoms with Gasteiger partial charge in [-0.2, -0.15) is 0 Å². The Kier molecular flexibility index (Phi) is 5.82. The number of benzene rings is 1. The summed E-state index contributed by atoms with van der Waals surface area (Å²) in [6.07, 6.45) is 8.30. The van der Waals surface area contributed by atoms with E-state index in [4.69, 9.17) is 11.6 Å². The van der Waals surface area contributed by atoms with E-state index >= 15 is 0 Å². The van der Waals surface area contributed by atoms with Crippen molar-refractivity contribution in [2.75, 3.05) is 18.4 Å². The Morgan fingerprint density at radius 1 is 1.06 bits per heavy atom. The second-order valence-corrected chi connectivity index (χ2v) is 5.52. The molecule has 3 heteroatoms. The number of rotatable bonds is 5. The Labute approximate surface area is 115 Å². The van der Waals surface area contributed by atoms with Gasteiger partial charge in [0, 0.05) is 29.8 Å². The molecule has 0 saturated heterocycles. The van der Waals surface area contributed by atoms with Crippen molar-refractivity contribution < 1.29 is 0 Å². The van der Waals surface area contributed by atoms with E-state index in [1.54, 1.807) is 0 Å². The molecule has 0 aliphatic heterocycles. The van der Waals surface area contributed by atoms with Gasteiger partial charge in [0.15, 0.2) is 0 Å². The lowest BCUT2D eigenvalue weighted by Crippen LogP contribution is -2.32. The second kappa shape index (κ2) is 7.65. The summed E-state index contributed by atoms with van der Waals surface area (Å²) in [4.78, 5) is 0. The van der Waals surface area contributed by atoms with E-state index in [9.17, 15) is 0 Å². The van der Waals surface area contributed by atoms with E-state index in [0.29, 0.717) is 0 Å². The van der Waals surface area contributed by atoms with E-state index in [1.165, 1.54) is 38.5 Å². The van der Waals surface area contributed by atoms with Crippen LogP contribution in [-0.2, 0) is 0 Å². The molecule has 1 saturated carbocycles. The largest absolute Gasteiger partial charge is 0.384 e. The molecular weight excluding hydrogens is 244 g/mol. The minimum atomic E-state index is 0.730. The zero-order valence-electron chi connectivity index (χ0n) is 10.9. The topological polar surface area (TPSA) is 24.1 Å². The van der Waals surface area contributed by atoms with Gasteiger partial charge in [0.25, 0.3) is 0 Å². The predicted octanol–water partition coefficient (Wildman–Crippen LogP) is 4.06. The van der Waals surface area contributed by atoms with Crippen molar-refractivity contribution >= 4 is 17.3 Å². The zero-order valence-corrected chi connectivity index (χ0v) is 11.7. The quantitative estimate of drug-likeness (QED) is 0.620. The molecule has 0 unspecified atom stereocenters. The highest BCUT2D eigenvalue weighted by Crippen LogP contribution is 2.17. The molecule has 0 amide bonds. The van der Waals surface area contributed by atoms with Crippen LogP contribution in [0.4, 0.5) is 5.69 Å². The summed E-state index contributed by atoms with van der Waals surface area (Å²) in [5.41, 5.74) is 1.10. The first-order valence-corrected chi connectivity index (χ1v) is 7.45. The lowest BCUT2D eigenvalue weighted by molar-refractivity contribution is 0.468. The van der Waals surface area contributed by atoms with Crippen LogP contribution in [0.2, 0.25) is 5.02 Å². The van der Waals surface area contributed by atoms with E-state index < -0.39 is 0 Å². The van der Waals surface area contributed by atoms with Crippen LogP contribution < -0.4 is 10.6 Å². The molecule has 0 aromatic heterocycles. The summed E-state index contributed by atoms with van der Waals surface area (Å²) in [5, 5.41) is 7.83. The van der Waals surface area contributed by atoms with E-state index in [0.717, 1.165) is 29.8 Å². The molecule has 18 heavy (non-hydrogen) atoms. The first-order valence-electron chi connectivity index (χ1n) is 7.07. The first-order chi connectivity index (χ1) is 8.84. The summed E-state index contributed by atoms with van der Waals surface area (Å²) in [5.74, 6) is 0. The van der Waals surface area contributed by atoms with E-state index in [-0.39, 0.29) is 0 Å². The van der Waals surface area contributed by atoms with Gasteiger partial charge >= 0.3 is 0 Å². The minimum Gasteiger partial charge on any atom is -0.384 e. The molecule has 2 rings (SSSR count). The van der Waals surface area contributed by atoms with Gasteiger partial charge in [0.1, 0.15) is 0 Å². The van der Waals surface area contributed by atoms with Gasteiger partial charge in [-0.15, -0.1) is 0 Å². The summed E-state index contributed by atoms with van der Waals surface area (Å²) in [6.45, 7) is 1.98. The smallest absolute Gasteiger partial charge is 0.0426 e. The molecule has 0 spiro atoms. The predicted molar refractivity (Wildman–Crippen MR) is 79.4 cm³/mol. The average Bonchev–Trinajstić information content (AvgIpc) is 2.63. The summed E-state index contributed by atoms with van der Waals surface area (Å²) in [6, 6.07) is 8.62. The van der Waals surface area contributed by atoms with Gasteiger partial charge in [0.05, 0.1) is 0 Å². The molecule has 100 valence electrons. The van der Waals surface area contributed by atoms with Crippen molar-refractivity contribution in [2.24, 2.45) is 0 Å². The number of hydrogen-bond acceptors (Lipinski definition) is 2. The van der Waals surface area contributed by atoms with Crippen molar-refractivity contribution in [3.8, 4) is 0 Å². The van der Waals surface area contributed by atoms with Crippen LogP contribution in [0.5, 0.6) is 0 Å². The van der Waals surface area contributed by atoms with Crippen molar-refractivity contribution in [1.29, 1.82) is 0 Å². The Hall–Kier alpha value is -0.730. The van der Waals surface area contributed by atoms with Crippen LogP contribution in [-0.4, -0.2) is 19.1 Å². The summed E-state index contributed by atoms with van der Waals surface area (Å²) in [7, 11) is 0. The molecule has 1 aromatic carbocycles. The Balaban J connectivity index is 1.63. The number of anilines is 1. The van der Waals surface area contributed by atoms with Gasteiger partial charge in [-0.25, -0.2) is 0 Å². The van der Waals surface area contributed by atoms with Crippen LogP contribution in [0.25, 0.3) is 0 Å². The molecule has 0 radical (unpaired) electrons. The molecular formula is C15H23ClN2. The van der Waals surface area contributed by atoms with Crippen LogP contribution in [0.1, 0.15) is 38.5 Å². The van der Waals surface area contributed by atoms with Crippen molar-refractivity contribution in [3.63, 3.8) is 0 Å². The van der Waals surface area contributed by atoms with E-state index in [1.807, 2.05) is 18.2 Å². The molecule has 0 atom stereocenters. The van der Waals surface area contributed by atoms with Gasteiger partial charge in [-0.05, 0) is 31.0 Å². The van der Waals surface area contributed by atoms with Gasteiger partial charge < -0.3 is 10.6 Å². The third-order valence-electron chi connectivity index (χ3n) is 3.57. The maximum Gasteiger partial charge on any atom is 0.0426 e. The van der Waals surface area contributed by atoms with Crippen molar-refractivity contribution in [3.05, 3.63) is 29.3 Å². The maximum atomic E-state index is 5.94. The molecule has 1 aliphatic rings. The lowest BCUT2D eigenvalue weighted by Gasteiger charge is -2.16. The van der Waals surface area contributed by atoms with Crippen LogP contribution in [0, 0.1) is 0 Å². The molecule has 2 nitrogen and oxygen atoms in total. The third-order valence-corrected chi connectivity index (χ3v) is 3.80. The van der Waals surface area contributed by atoms with Crippen molar-refractivity contribution in [1.82, 2.24) is 5.32 Å². The lowest BCUT2D eigenvalue weighted by atomic mass is 10.1. The van der Waals surface area contributed by atoms with Gasteiger partial charge in [0.2, 0.25) is 0 Å². The van der Waals surface area contributed by atoms with Crippen LogP contribution in [0.3, 0.4) is 0 Å². The van der Waals surface area contributed by atoms with Gasteiger partial charge in [-0.1, -0.05) is 43.4 Å². The second-order valence-electron chi connectivity index (χ2n) is 5.08. The van der Waals surface area contributed by atoms with Crippen LogP contribution >= 0.6 is 11.6 Å². The fourth-order valence-corrected chi connectivity index (χ4v) is 2.76. The fraction of sp³-hybridized carbons (Fsp3) is 0.600. The first kappa shape index (κ1) is 13.7. The van der Waals surface area contributed by atoms with Crippen molar-refractivity contribution in [2.45, 2.75) is 44.6 Å². The third kappa shape index (κ3) is 4.87. The molecule has 1 aliphatic carbocycles. The Bertz CT molecular complexity index is 346. The molecule has 1 fully saturated rings. The number of nitrogens with one attached hydrogen (secondary N) is 2. The molecule has 2 N–H and O–H groups in total. The molecule has 0 heterocycles. The summed E-state index contributed by atoms with van der Waals surface area (Å²) < 4.78 is 0. The average molecular weight is 267 g/mol. The summed E-state index contributed by atoms with van der Waals surface area (Å²) >= 11 is 5.94. The SMILES string of the molecule is Clc1cccc(NCCNC2CCCCCC2)c1. The Morgan fingerprint density at radius 2 is 1.83 bits per heavy atom. The minimum absolute atomic E-state index is 0.730. The normalized spacial score (nSPS) is 17.4. The number of hydrogen-bond donors (Lipinski definition) is 2. The molecule has 0 bridgehead atoms. The highest BCUT2D eigenvalue weighted by Gasteiger charge is 2.10. The Morgan fingerprint density at radius 3 is 2.56 bits per heavy atom. The van der Waals surface area contributed by atoms with E-state index in [2.05, 4.69) is 16.7 Å². The number of halogens is 1. The fourth-order valence-electron chi connectivity index (χ4n) is 2.57. The highest BCUT2D eigenvalue weighted by atomic mass is 35.5. The molecule has 1 aromatic rings. The highest BCUT2D eigenvalue weighted by molar-refractivity contribution is 6.30. The van der Waals surface area contributed by atoms with Gasteiger partial charge in [-0.3, -0.25) is 0 Å². The standard InChI is InChI=1S/C15H23ClN2/c16-13-6-5-9-15(12-13)18-11-10-17-14-7-3-1-2-4-8-14/h5-6,9,12,14,17-18H,1-4,7-8,10-11H2. The zero-order chi connectivity index (χ0) is 12.6.